The van der Waals surface area contributed by atoms with Gasteiger partial charge in [0.15, 0.2) is 0 Å². The predicted molar refractivity (Wildman–Crippen MR) is 89.4 cm³/mol. The molecule has 0 unspecified atom stereocenters. The van der Waals surface area contributed by atoms with E-state index in [0.29, 0.717) is 10.0 Å². The number of thioether (sulfide) groups is 1. The Bertz CT molecular complexity index is 644. The fourth-order valence-corrected chi connectivity index (χ4v) is 2.49. The minimum atomic E-state index is -0.173. The number of carbonyl (C=O) groups excluding carboxylic acids is 1. The second kappa shape index (κ2) is 8.08. The van der Waals surface area contributed by atoms with Crippen LogP contribution < -0.4 is 5.43 Å². The van der Waals surface area contributed by atoms with Gasteiger partial charge in [-0.15, -0.1) is 11.8 Å². The van der Waals surface area contributed by atoms with Crippen molar-refractivity contribution in [1.82, 2.24) is 5.43 Å². The zero-order valence-corrected chi connectivity index (χ0v) is 13.3. The minimum Gasteiger partial charge on any atom is -0.272 e. The van der Waals surface area contributed by atoms with E-state index in [1.54, 1.807) is 30.5 Å². The van der Waals surface area contributed by atoms with Crippen molar-refractivity contribution in [1.29, 1.82) is 0 Å². The molecule has 0 saturated heterocycles. The van der Waals surface area contributed by atoms with Crippen LogP contribution in [0.2, 0.25) is 10.0 Å². The van der Waals surface area contributed by atoms with E-state index in [1.807, 2.05) is 24.3 Å². The van der Waals surface area contributed by atoms with Gasteiger partial charge in [0.05, 0.1) is 12.0 Å². The van der Waals surface area contributed by atoms with Crippen molar-refractivity contribution in [3.8, 4) is 0 Å². The van der Waals surface area contributed by atoms with Gasteiger partial charge in [-0.2, -0.15) is 5.10 Å². The Balaban J connectivity index is 1.78. The SMILES string of the molecule is O=C(CSc1ccc(Cl)cc1)N/N=C\c1cccc(Cl)c1. The van der Waals surface area contributed by atoms with Crippen molar-refractivity contribution in [2.45, 2.75) is 4.90 Å². The molecule has 0 spiro atoms. The highest BCUT2D eigenvalue weighted by atomic mass is 35.5. The number of hydrazone groups is 1. The molecule has 0 saturated carbocycles. The van der Waals surface area contributed by atoms with Crippen LogP contribution in [-0.2, 0) is 4.79 Å². The molecule has 0 aliphatic carbocycles. The van der Waals surface area contributed by atoms with E-state index in [1.165, 1.54) is 11.8 Å². The third kappa shape index (κ3) is 5.79. The van der Waals surface area contributed by atoms with Crippen molar-refractivity contribution in [2.75, 3.05) is 5.75 Å². The summed E-state index contributed by atoms with van der Waals surface area (Å²) in [5, 5.41) is 5.20. The zero-order valence-electron chi connectivity index (χ0n) is 10.9. The second-order valence-corrected chi connectivity index (χ2v) is 6.01. The number of benzene rings is 2. The van der Waals surface area contributed by atoms with E-state index < -0.39 is 0 Å². The lowest BCUT2D eigenvalue weighted by Gasteiger charge is -2.01. The lowest BCUT2D eigenvalue weighted by Crippen LogP contribution is -2.19. The summed E-state index contributed by atoms with van der Waals surface area (Å²) in [6, 6.07) is 14.5. The average molecular weight is 339 g/mol. The molecule has 108 valence electrons. The van der Waals surface area contributed by atoms with Crippen LogP contribution in [0.25, 0.3) is 0 Å². The molecule has 0 heterocycles. The molecule has 0 atom stereocenters. The van der Waals surface area contributed by atoms with Gasteiger partial charge in [0.1, 0.15) is 0 Å². The van der Waals surface area contributed by atoms with Gasteiger partial charge in [-0.05, 0) is 42.0 Å². The Kier molecular flexibility index (Phi) is 6.11. The van der Waals surface area contributed by atoms with Gasteiger partial charge in [-0.3, -0.25) is 4.79 Å². The Morgan fingerprint density at radius 3 is 2.62 bits per heavy atom. The molecule has 0 fully saturated rings. The van der Waals surface area contributed by atoms with Gasteiger partial charge in [-0.25, -0.2) is 5.43 Å². The number of halogens is 2. The highest BCUT2D eigenvalue weighted by molar-refractivity contribution is 8.00. The summed E-state index contributed by atoms with van der Waals surface area (Å²) in [5.41, 5.74) is 3.30. The first-order valence-electron chi connectivity index (χ1n) is 6.09. The van der Waals surface area contributed by atoms with Crippen LogP contribution in [0, 0.1) is 0 Å². The number of hydrogen-bond donors (Lipinski definition) is 1. The number of nitrogens with one attached hydrogen (secondary N) is 1. The number of hydrogen-bond acceptors (Lipinski definition) is 3. The molecule has 21 heavy (non-hydrogen) atoms. The van der Waals surface area contributed by atoms with Crippen LogP contribution in [0.15, 0.2) is 58.5 Å². The average Bonchev–Trinajstić information content (AvgIpc) is 2.47. The predicted octanol–water partition coefficient (Wildman–Crippen LogP) is 4.24. The smallest absolute Gasteiger partial charge is 0.250 e. The molecule has 0 radical (unpaired) electrons. The molecular formula is C15H12Cl2N2OS. The Labute approximate surface area is 137 Å². The third-order valence-corrected chi connectivity index (χ3v) is 3.93. The van der Waals surface area contributed by atoms with E-state index in [9.17, 15) is 4.79 Å². The highest BCUT2D eigenvalue weighted by Gasteiger charge is 2.01. The van der Waals surface area contributed by atoms with E-state index in [4.69, 9.17) is 23.2 Å². The highest BCUT2D eigenvalue weighted by Crippen LogP contribution is 2.19. The molecule has 2 rings (SSSR count). The lowest BCUT2D eigenvalue weighted by atomic mass is 10.2. The quantitative estimate of drug-likeness (QED) is 0.503. The van der Waals surface area contributed by atoms with Crippen LogP contribution >= 0.6 is 35.0 Å². The maximum Gasteiger partial charge on any atom is 0.250 e. The number of carbonyl (C=O) groups is 1. The topological polar surface area (TPSA) is 41.5 Å². The van der Waals surface area contributed by atoms with Crippen LogP contribution in [-0.4, -0.2) is 17.9 Å². The zero-order chi connectivity index (χ0) is 15.1. The van der Waals surface area contributed by atoms with Gasteiger partial charge >= 0.3 is 0 Å². The fourth-order valence-electron chi connectivity index (χ4n) is 1.48. The van der Waals surface area contributed by atoms with Crippen molar-refractivity contribution in [2.24, 2.45) is 5.10 Å². The van der Waals surface area contributed by atoms with Crippen molar-refractivity contribution >= 4 is 47.1 Å². The molecule has 0 bridgehead atoms. The van der Waals surface area contributed by atoms with E-state index in [-0.39, 0.29) is 11.7 Å². The van der Waals surface area contributed by atoms with E-state index in [2.05, 4.69) is 10.5 Å². The first-order valence-corrected chi connectivity index (χ1v) is 7.83. The van der Waals surface area contributed by atoms with Crippen molar-refractivity contribution in [3.63, 3.8) is 0 Å². The van der Waals surface area contributed by atoms with Crippen LogP contribution in [0.4, 0.5) is 0 Å². The third-order valence-electron chi connectivity index (χ3n) is 2.44. The van der Waals surface area contributed by atoms with E-state index >= 15 is 0 Å². The summed E-state index contributed by atoms with van der Waals surface area (Å²) in [7, 11) is 0. The second-order valence-electron chi connectivity index (χ2n) is 4.09. The summed E-state index contributed by atoms with van der Waals surface area (Å²) in [4.78, 5) is 12.6. The number of rotatable bonds is 5. The van der Waals surface area contributed by atoms with Gasteiger partial charge < -0.3 is 0 Å². The van der Waals surface area contributed by atoms with Crippen LogP contribution in [0.5, 0.6) is 0 Å². The normalized spacial score (nSPS) is 10.8. The summed E-state index contributed by atoms with van der Waals surface area (Å²) in [6.07, 6.45) is 1.55. The molecule has 6 heteroatoms. The summed E-state index contributed by atoms with van der Waals surface area (Å²) < 4.78 is 0. The first kappa shape index (κ1) is 15.9. The van der Waals surface area contributed by atoms with Gasteiger partial charge in [-0.1, -0.05) is 35.3 Å². The Morgan fingerprint density at radius 1 is 1.14 bits per heavy atom. The number of amides is 1. The van der Waals surface area contributed by atoms with Gasteiger partial charge in [0.25, 0.3) is 0 Å². The van der Waals surface area contributed by atoms with Gasteiger partial charge in [0, 0.05) is 14.9 Å². The molecule has 1 amide bonds. The van der Waals surface area contributed by atoms with Crippen molar-refractivity contribution < 1.29 is 4.79 Å². The largest absolute Gasteiger partial charge is 0.272 e. The molecule has 2 aromatic rings. The first-order chi connectivity index (χ1) is 10.1. The number of nitrogens with zero attached hydrogens (tertiary/aromatic N) is 1. The van der Waals surface area contributed by atoms with Gasteiger partial charge in [0.2, 0.25) is 5.91 Å². The Hall–Kier alpha value is -1.49. The summed E-state index contributed by atoms with van der Waals surface area (Å²) >= 11 is 13.1. The van der Waals surface area contributed by atoms with Crippen LogP contribution in [0.1, 0.15) is 5.56 Å². The summed E-state index contributed by atoms with van der Waals surface area (Å²) in [6.45, 7) is 0. The minimum absolute atomic E-state index is 0.173. The standard InChI is InChI=1S/C15H12Cl2N2OS/c16-12-4-6-14(7-5-12)21-10-15(20)19-18-9-11-2-1-3-13(17)8-11/h1-9H,10H2,(H,19,20)/b18-9-. The molecule has 1 N–H and O–H groups in total. The molecule has 0 aromatic heterocycles. The monoisotopic (exact) mass is 338 g/mol. The Morgan fingerprint density at radius 2 is 1.90 bits per heavy atom. The van der Waals surface area contributed by atoms with E-state index in [0.717, 1.165) is 10.5 Å². The molecule has 0 aliphatic heterocycles. The molecule has 2 aromatic carbocycles. The van der Waals surface area contributed by atoms with Crippen LogP contribution in [0.3, 0.4) is 0 Å². The molecule has 0 aliphatic rings. The summed E-state index contributed by atoms with van der Waals surface area (Å²) in [5.74, 6) is 0.113. The maximum absolute atomic E-state index is 11.6. The molecule has 3 nitrogen and oxygen atoms in total. The fraction of sp³-hybridized carbons (Fsp3) is 0.0667. The van der Waals surface area contributed by atoms with Crippen molar-refractivity contribution in [3.05, 3.63) is 64.1 Å². The maximum atomic E-state index is 11.6. The lowest BCUT2D eigenvalue weighted by molar-refractivity contribution is -0.118. The molecular weight excluding hydrogens is 327 g/mol.